The first-order valence-corrected chi connectivity index (χ1v) is 7.50. The largest absolute Gasteiger partial charge is 0.519 e. The lowest BCUT2D eigenvalue weighted by Crippen LogP contribution is -2.05. The van der Waals surface area contributed by atoms with E-state index in [2.05, 4.69) is 0 Å². The summed E-state index contributed by atoms with van der Waals surface area (Å²) >= 11 is 0. The molecule has 4 N–H and O–H groups in total. The first kappa shape index (κ1) is 49.5. The van der Waals surface area contributed by atoms with Crippen molar-refractivity contribution < 1.29 is 0 Å². The first-order valence-electron chi connectivity index (χ1n) is 4.50. The predicted molar refractivity (Wildman–Crippen MR) is 111 cm³/mol. The molecule has 0 unspecified atom stereocenters. The van der Waals surface area contributed by atoms with E-state index in [0.29, 0.717) is 0 Å². The SMILES string of the molecule is CC(C)(C)[PH+]([NH-])[NH-].CC(C)(C)[PH+]([NH-])[NH-].[Al].[Al].[CH3-].[CH3-].[CH3-].[CH3-]. The summed E-state index contributed by atoms with van der Waals surface area (Å²) in [5, 5.41) is -0.130. The number of rotatable bonds is 0. The second-order valence-corrected chi connectivity index (χ2v) is 9.75. The minimum Gasteiger partial charge on any atom is -0.519 e. The van der Waals surface area contributed by atoms with Gasteiger partial charge in [-0.25, -0.2) is 0 Å². The third kappa shape index (κ3) is 36.7. The van der Waals surface area contributed by atoms with Gasteiger partial charge in [0.05, 0.1) is 0 Å². The fourth-order valence-corrected chi connectivity index (χ4v) is 0. The van der Waals surface area contributed by atoms with Gasteiger partial charge in [0.2, 0.25) is 0 Å². The molecule has 0 aliphatic carbocycles. The highest BCUT2D eigenvalue weighted by atomic mass is 31.1. The minimum absolute atomic E-state index is 0. The van der Waals surface area contributed by atoms with E-state index >= 15 is 0 Å². The van der Waals surface area contributed by atoms with Gasteiger partial charge in [-0.3, -0.25) is 0 Å². The fraction of sp³-hybridized carbons (Fsp3) is 0.667. The Kier molecular flexibility index (Phi) is 51.4. The zero-order chi connectivity index (χ0) is 12.2. The van der Waals surface area contributed by atoms with Crippen LogP contribution in [0.25, 0.3) is 22.0 Å². The van der Waals surface area contributed by atoms with E-state index < -0.39 is 16.4 Å². The maximum absolute atomic E-state index is 7.00. The summed E-state index contributed by atoms with van der Waals surface area (Å²) in [6.45, 7) is 11.6. The second kappa shape index (κ2) is 20.8. The summed E-state index contributed by atoms with van der Waals surface area (Å²) in [5.74, 6) is 0. The first-order chi connectivity index (χ1) is 5.89. The van der Waals surface area contributed by atoms with Crippen LogP contribution in [0.1, 0.15) is 41.5 Å². The van der Waals surface area contributed by atoms with Crippen molar-refractivity contribution in [1.29, 1.82) is 0 Å². The standard InChI is InChI=1S/2C4H12N2P.4CH3.2Al/c2*1-4(2,3)7(5)6;;;;;;/h2*5-7H,1-3H3;4*1H3;;/q6*-1;;. The van der Waals surface area contributed by atoms with Crippen molar-refractivity contribution in [2.75, 3.05) is 0 Å². The van der Waals surface area contributed by atoms with Crippen molar-refractivity contribution >= 4 is 51.2 Å². The topological polar surface area (TPSA) is 95.2 Å². The normalized spacial score (nSPS) is 9.00. The Labute approximate surface area is 154 Å². The molecule has 20 heavy (non-hydrogen) atoms. The van der Waals surface area contributed by atoms with Crippen LogP contribution in [0.5, 0.6) is 0 Å². The lowest BCUT2D eigenvalue weighted by atomic mass is 10.3. The van der Waals surface area contributed by atoms with Gasteiger partial charge >= 0.3 is 0 Å². The van der Waals surface area contributed by atoms with Crippen LogP contribution in [0.15, 0.2) is 0 Å². The van der Waals surface area contributed by atoms with E-state index in [1.807, 2.05) is 41.5 Å². The number of hydrogen-bond acceptors (Lipinski definition) is 0. The van der Waals surface area contributed by atoms with Crippen molar-refractivity contribution in [3.63, 3.8) is 0 Å². The van der Waals surface area contributed by atoms with E-state index in [0.717, 1.165) is 0 Å². The van der Waals surface area contributed by atoms with Crippen molar-refractivity contribution in [3.05, 3.63) is 51.7 Å². The summed E-state index contributed by atoms with van der Waals surface area (Å²) in [6, 6.07) is 0. The molecule has 0 fully saturated rings. The molecule has 0 aliphatic heterocycles. The van der Waals surface area contributed by atoms with Gasteiger partial charge < -0.3 is 51.7 Å². The van der Waals surface area contributed by atoms with Gasteiger partial charge in [-0.1, -0.05) is 0 Å². The highest BCUT2D eigenvalue weighted by Crippen LogP contribution is 2.49. The monoisotopic (exact) mass is 352 g/mol. The van der Waals surface area contributed by atoms with Gasteiger partial charge in [-0.2, -0.15) is 16.4 Å². The van der Waals surface area contributed by atoms with Crippen LogP contribution >= 0.6 is 16.4 Å². The number of hydrogen-bond donors (Lipinski definition) is 0. The van der Waals surface area contributed by atoms with Gasteiger partial charge in [0.15, 0.2) is 0 Å². The average molecular weight is 352 g/mol. The van der Waals surface area contributed by atoms with Crippen molar-refractivity contribution in [3.8, 4) is 0 Å². The Hall–Kier alpha value is 1.76. The number of nitrogens with one attached hydrogen (secondary N) is 4. The molecular formula is C12H36Al2N4P2-6. The molecule has 0 rings (SSSR count). The molecule has 4 nitrogen and oxygen atoms in total. The quantitative estimate of drug-likeness (QED) is 0.257. The molecule has 0 bridgehead atoms. The molecule has 0 atom stereocenters. The zero-order valence-corrected chi connectivity index (χ0v) is 19.5. The van der Waals surface area contributed by atoms with E-state index in [1.165, 1.54) is 0 Å². The lowest BCUT2D eigenvalue weighted by Gasteiger charge is -2.29. The van der Waals surface area contributed by atoms with Gasteiger partial charge in [0.1, 0.15) is 0 Å². The molecule has 0 aromatic carbocycles. The van der Waals surface area contributed by atoms with E-state index in [9.17, 15) is 0 Å². The minimum atomic E-state index is -1.55. The van der Waals surface area contributed by atoms with Crippen LogP contribution in [-0.4, -0.2) is 45.0 Å². The van der Waals surface area contributed by atoms with Gasteiger partial charge in [0, 0.05) is 45.0 Å². The summed E-state index contributed by atoms with van der Waals surface area (Å²) in [6.07, 6.45) is 0. The summed E-state index contributed by atoms with van der Waals surface area (Å²) < 4.78 is 0. The maximum atomic E-state index is 7.00. The van der Waals surface area contributed by atoms with Crippen LogP contribution in [0.4, 0.5) is 0 Å². The maximum Gasteiger partial charge on any atom is 0.0428 e. The van der Waals surface area contributed by atoms with Crippen LogP contribution in [0, 0.1) is 29.7 Å². The molecule has 0 aromatic rings. The van der Waals surface area contributed by atoms with Crippen LogP contribution in [0.2, 0.25) is 0 Å². The molecule has 0 heterocycles. The third-order valence-corrected chi connectivity index (χ3v) is 4.50. The molecule has 126 valence electrons. The van der Waals surface area contributed by atoms with Gasteiger partial charge in [0.25, 0.3) is 0 Å². The van der Waals surface area contributed by atoms with E-state index in [4.69, 9.17) is 22.0 Å². The lowest BCUT2D eigenvalue weighted by molar-refractivity contribution is 0.792. The Morgan fingerprint density at radius 2 is 0.550 bits per heavy atom. The molecule has 0 aromatic heterocycles. The van der Waals surface area contributed by atoms with E-state index in [-0.39, 0.29) is 74.7 Å². The van der Waals surface area contributed by atoms with Gasteiger partial charge in [-0.15, -0.1) is 0 Å². The second-order valence-electron chi connectivity index (χ2n) is 5.25. The Bertz CT molecular complexity index is 141. The fourth-order valence-electron chi connectivity index (χ4n) is 0. The summed E-state index contributed by atoms with van der Waals surface area (Å²) in [7, 11) is -3.10. The molecule has 6 radical (unpaired) electrons. The van der Waals surface area contributed by atoms with Crippen molar-refractivity contribution in [2.24, 2.45) is 0 Å². The molecule has 0 saturated heterocycles. The molecule has 0 aliphatic rings. The molecule has 0 spiro atoms. The highest BCUT2D eigenvalue weighted by molar-refractivity contribution is 7.63. The Morgan fingerprint density at radius 1 is 0.500 bits per heavy atom. The molecule has 0 amide bonds. The smallest absolute Gasteiger partial charge is 0.0428 e. The summed E-state index contributed by atoms with van der Waals surface area (Å²) in [4.78, 5) is 0. The van der Waals surface area contributed by atoms with Crippen LogP contribution < -0.4 is 0 Å². The van der Waals surface area contributed by atoms with Crippen LogP contribution in [0.3, 0.4) is 0 Å². The molecule has 0 saturated carbocycles. The van der Waals surface area contributed by atoms with Crippen molar-refractivity contribution in [2.45, 2.75) is 51.9 Å². The van der Waals surface area contributed by atoms with E-state index in [1.54, 1.807) is 0 Å². The third-order valence-electron chi connectivity index (χ3n) is 1.50. The molecular weight excluding hydrogens is 316 g/mol. The van der Waals surface area contributed by atoms with Gasteiger partial charge in [-0.05, 0) is 41.5 Å². The van der Waals surface area contributed by atoms with Crippen molar-refractivity contribution in [1.82, 2.24) is 0 Å². The molecule has 8 heteroatoms. The Morgan fingerprint density at radius 3 is 0.550 bits per heavy atom. The van der Waals surface area contributed by atoms with Crippen LogP contribution in [-0.2, 0) is 0 Å². The zero-order valence-electron chi connectivity index (χ0n) is 15.2. The summed E-state index contributed by atoms with van der Waals surface area (Å²) in [5.41, 5.74) is 28.0. The predicted octanol–water partition coefficient (Wildman–Crippen LogP) is 6.91. The Balaban J connectivity index is -0.0000000185. The highest BCUT2D eigenvalue weighted by Gasteiger charge is 2.12. The average Bonchev–Trinajstić information content (AvgIpc) is 1.83.